The van der Waals surface area contributed by atoms with Crippen molar-refractivity contribution in [1.82, 2.24) is 5.32 Å². The summed E-state index contributed by atoms with van der Waals surface area (Å²) in [6.07, 6.45) is 2.69. The highest BCUT2D eigenvalue weighted by Gasteiger charge is 2.39. The third-order valence-electron chi connectivity index (χ3n) is 4.08. The quantitative estimate of drug-likeness (QED) is 0.585. The van der Waals surface area contributed by atoms with E-state index >= 15 is 0 Å². The van der Waals surface area contributed by atoms with Gasteiger partial charge in [-0.15, -0.1) is 0 Å². The number of nitro benzene ring substituents is 1. The van der Waals surface area contributed by atoms with Gasteiger partial charge in [0.25, 0.3) is 5.69 Å². The maximum atomic E-state index is 12.0. The van der Waals surface area contributed by atoms with Crippen LogP contribution in [0.5, 0.6) is 0 Å². The number of amides is 2. The molecule has 7 heteroatoms. The van der Waals surface area contributed by atoms with Gasteiger partial charge in [0, 0.05) is 29.3 Å². The van der Waals surface area contributed by atoms with Crippen molar-refractivity contribution in [3.63, 3.8) is 0 Å². The molecule has 0 spiro atoms. The van der Waals surface area contributed by atoms with E-state index in [1.807, 2.05) is 6.92 Å². The molecule has 0 aliphatic heterocycles. The lowest BCUT2D eigenvalue weighted by molar-refractivity contribution is -0.384. The molecule has 1 aromatic carbocycles. The fourth-order valence-corrected chi connectivity index (χ4v) is 2.66. The second-order valence-corrected chi connectivity index (χ2v) is 5.66. The van der Waals surface area contributed by atoms with Gasteiger partial charge in [-0.05, 0) is 25.0 Å². The minimum absolute atomic E-state index is 0.0235. The summed E-state index contributed by atoms with van der Waals surface area (Å²) in [4.78, 5) is 22.0. The number of aliphatic hydroxyl groups excluding tert-OH is 1. The second kappa shape index (κ2) is 6.09. The van der Waals surface area contributed by atoms with E-state index in [1.54, 1.807) is 0 Å². The largest absolute Gasteiger partial charge is 0.396 e. The van der Waals surface area contributed by atoms with Gasteiger partial charge in [0.1, 0.15) is 0 Å². The molecule has 21 heavy (non-hydrogen) atoms. The first-order chi connectivity index (χ1) is 9.94. The van der Waals surface area contributed by atoms with Crippen LogP contribution in [0.1, 0.15) is 26.2 Å². The van der Waals surface area contributed by atoms with Gasteiger partial charge in [-0.25, -0.2) is 4.79 Å². The molecule has 114 valence electrons. The zero-order chi connectivity index (χ0) is 15.5. The first-order valence-electron chi connectivity index (χ1n) is 6.87. The van der Waals surface area contributed by atoms with Crippen molar-refractivity contribution >= 4 is 17.4 Å². The zero-order valence-corrected chi connectivity index (χ0v) is 11.8. The zero-order valence-electron chi connectivity index (χ0n) is 11.8. The van der Waals surface area contributed by atoms with Crippen LogP contribution in [0, 0.1) is 15.5 Å². The molecule has 0 saturated heterocycles. The monoisotopic (exact) mass is 293 g/mol. The van der Waals surface area contributed by atoms with Crippen LogP contribution in [0.4, 0.5) is 16.2 Å². The van der Waals surface area contributed by atoms with E-state index in [0.717, 1.165) is 19.3 Å². The molecular weight excluding hydrogens is 274 g/mol. The van der Waals surface area contributed by atoms with E-state index in [9.17, 15) is 20.0 Å². The Kier molecular flexibility index (Phi) is 4.42. The van der Waals surface area contributed by atoms with Gasteiger partial charge in [-0.3, -0.25) is 10.1 Å². The first kappa shape index (κ1) is 15.2. The molecule has 2 rings (SSSR count). The Hall–Kier alpha value is -2.15. The van der Waals surface area contributed by atoms with E-state index in [1.165, 1.54) is 24.3 Å². The average molecular weight is 293 g/mol. The van der Waals surface area contributed by atoms with Crippen molar-refractivity contribution in [2.75, 3.05) is 11.9 Å². The lowest BCUT2D eigenvalue weighted by Crippen LogP contribution is -2.46. The molecule has 1 fully saturated rings. The second-order valence-electron chi connectivity index (χ2n) is 5.66. The number of rotatable bonds is 4. The van der Waals surface area contributed by atoms with Crippen LogP contribution in [0.15, 0.2) is 24.3 Å². The Balaban J connectivity index is 1.94. The summed E-state index contributed by atoms with van der Waals surface area (Å²) >= 11 is 0. The van der Waals surface area contributed by atoms with E-state index in [2.05, 4.69) is 10.6 Å². The molecule has 2 amide bonds. The molecule has 3 N–H and O–H groups in total. The molecule has 0 unspecified atom stereocenters. The van der Waals surface area contributed by atoms with Gasteiger partial charge in [0.05, 0.1) is 11.5 Å². The van der Waals surface area contributed by atoms with E-state index < -0.39 is 4.92 Å². The average Bonchev–Trinajstić information content (AvgIpc) is 2.81. The van der Waals surface area contributed by atoms with Crippen LogP contribution in [0.25, 0.3) is 0 Å². The molecule has 0 radical (unpaired) electrons. The Morgan fingerprint density at radius 2 is 2.14 bits per heavy atom. The van der Waals surface area contributed by atoms with E-state index in [4.69, 9.17) is 0 Å². The highest BCUT2D eigenvalue weighted by Crippen LogP contribution is 2.37. The summed E-state index contributed by atoms with van der Waals surface area (Å²) in [7, 11) is 0. The van der Waals surface area contributed by atoms with Crippen molar-refractivity contribution in [3.8, 4) is 0 Å². The number of urea groups is 1. The SMILES string of the molecule is C[C@@]1(CO)CCC[C@H]1NC(=O)Nc1ccc([N+](=O)[O-])cc1. The Bertz CT molecular complexity index is 532. The molecule has 0 bridgehead atoms. The normalized spacial score (nSPS) is 24.6. The number of hydrogen-bond acceptors (Lipinski definition) is 4. The fourth-order valence-electron chi connectivity index (χ4n) is 2.66. The van der Waals surface area contributed by atoms with Gasteiger partial charge >= 0.3 is 6.03 Å². The van der Waals surface area contributed by atoms with Crippen LogP contribution in [0.2, 0.25) is 0 Å². The number of hydrogen-bond donors (Lipinski definition) is 3. The number of anilines is 1. The maximum Gasteiger partial charge on any atom is 0.319 e. The Morgan fingerprint density at radius 1 is 1.48 bits per heavy atom. The lowest BCUT2D eigenvalue weighted by Gasteiger charge is -2.30. The van der Waals surface area contributed by atoms with Crippen molar-refractivity contribution < 1.29 is 14.8 Å². The number of nitrogens with one attached hydrogen (secondary N) is 2. The summed E-state index contributed by atoms with van der Waals surface area (Å²) in [6, 6.07) is 5.21. The van der Waals surface area contributed by atoms with Crippen LogP contribution < -0.4 is 10.6 Å². The summed E-state index contributed by atoms with van der Waals surface area (Å²) in [5, 5.41) is 25.5. The third-order valence-corrected chi connectivity index (χ3v) is 4.08. The van der Waals surface area contributed by atoms with Crippen molar-refractivity contribution in [2.24, 2.45) is 5.41 Å². The van der Waals surface area contributed by atoms with Crippen LogP contribution in [0.3, 0.4) is 0 Å². The first-order valence-corrected chi connectivity index (χ1v) is 6.87. The maximum absolute atomic E-state index is 12.0. The topological polar surface area (TPSA) is 104 Å². The molecular formula is C14H19N3O4. The van der Waals surface area contributed by atoms with Gasteiger partial charge < -0.3 is 15.7 Å². The third kappa shape index (κ3) is 3.49. The highest BCUT2D eigenvalue weighted by molar-refractivity contribution is 5.89. The minimum atomic E-state index is -0.491. The highest BCUT2D eigenvalue weighted by atomic mass is 16.6. The van der Waals surface area contributed by atoms with Gasteiger partial charge in [0.2, 0.25) is 0 Å². The van der Waals surface area contributed by atoms with Crippen LogP contribution in [-0.2, 0) is 0 Å². The predicted molar refractivity (Wildman–Crippen MR) is 78.1 cm³/mol. The molecule has 0 heterocycles. The molecule has 2 atom stereocenters. The number of carbonyl (C=O) groups is 1. The summed E-state index contributed by atoms with van der Waals surface area (Å²) in [5.41, 5.74) is 0.179. The van der Waals surface area contributed by atoms with Gasteiger partial charge in [-0.2, -0.15) is 0 Å². The molecule has 0 aromatic heterocycles. The summed E-state index contributed by atoms with van der Waals surface area (Å²) < 4.78 is 0. The van der Waals surface area contributed by atoms with E-state index in [-0.39, 0.29) is 29.8 Å². The molecule has 1 saturated carbocycles. The number of carbonyl (C=O) groups excluding carboxylic acids is 1. The summed E-state index contributed by atoms with van der Waals surface area (Å²) in [6.45, 7) is 1.99. The van der Waals surface area contributed by atoms with Crippen LogP contribution >= 0.6 is 0 Å². The number of benzene rings is 1. The number of nitrogens with zero attached hydrogens (tertiary/aromatic N) is 1. The number of aliphatic hydroxyl groups is 1. The van der Waals surface area contributed by atoms with Gasteiger partial charge in [0.15, 0.2) is 0 Å². The van der Waals surface area contributed by atoms with Crippen molar-refractivity contribution in [2.45, 2.75) is 32.2 Å². The predicted octanol–water partition coefficient (Wildman–Crippen LogP) is 2.27. The standard InChI is InChI=1S/C14H19N3O4/c1-14(9-18)8-2-3-12(14)16-13(19)15-10-4-6-11(7-5-10)17(20)21/h4-7,12,18H,2-3,8-9H2,1H3,(H2,15,16,19)/t12-,14+/m1/s1. The van der Waals surface area contributed by atoms with Crippen LogP contribution in [-0.4, -0.2) is 28.7 Å². The lowest BCUT2D eigenvalue weighted by atomic mass is 9.86. The smallest absolute Gasteiger partial charge is 0.319 e. The van der Waals surface area contributed by atoms with E-state index in [0.29, 0.717) is 5.69 Å². The van der Waals surface area contributed by atoms with Crippen molar-refractivity contribution in [1.29, 1.82) is 0 Å². The number of non-ortho nitro benzene ring substituents is 1. The minimum Gasteiger partial charge on any atom is -0.396 e. The molecule has 7 nitrogen and oxygen atoms in total. The van der Waals surface area contributed by atoms with Gasteiger partial charge in [-0.1, -0.05) is 13.3 Å². The number of nitro groups is 1. The molecule has 1 aromatic rings. The Morgan fingerprint density at radius 3 is 2.71 bits per heavy atom. The molecule has 1 aliphatic rings. The Labute approximate surface area is 122 Å². The fraction of sp³-hybridized carbons (Fsp3) is 0.500. The van der Waals surface area contributed by atoms with Crippen molar-refractivity contribution in [3.05, 3.63) is 34.4 Å². The molecule has 1 aliphatic carbocycles. The summed E-state index contributed by atoms with van der Waals surface area (Å²) in [5.74, 6) is 0.